The van der Waals surface area contributed by atoms with Crippen LogP contribution in [0.15, 0.2) is 75.1 Å². The zero-order valence-corrected chi connectivity index (χ0v) is 30.7. The number of benzene rings is 3. The van der Waals surface area contributed by atoms with Crippen LogP contribution < -0.4 is 26.6 Å². The van der Waals surface area contributed by atoms with E-state index in [9.17, 15) is 35.1 Å². The third-order valence-electron chi connectivity index (χ3n) is 8.59. The van der Waals surface area contributed by atoms with Gasteiger partial charge >= 0.3 is 5.97 Å². The zero-order chi connectivity index (χ0) is 37.7. The maximum atomic E-state index is 13.5. The van der Waals surface area contributed by atoms with Crippen LogP contribution in [0.25, 0.3) is 0 Å². The second-order valence-corrected chi connectivity index (χ2v) is 14.5. The molecule has 0 radical (unpaired) electrons. The van der Waals surface area contributed by atoms with E-state index < -0.39 is 55.2 Å². The van der Waals surface area contributed by atoms with E-state index in [4.69, 9.17) is 4.74 Å². The highest BCUT2D eigenvalue weighted by atomic mass is 79.9. The Kier molecular flexibility index (Phi) is 12.3. The van der Waals surface area contributed by atoms with Gasteiger partial charge in [-0.3, -0.25) is 30.2 Å². The number of guanidine groups is 1. The lowest BCUT2D eigenvalue weighted by Crippen LogP contribution is -2.55. The number of methoxy groups -OCH3 is 1. The van der Waals surface area contributed by atoms with E-state index in [0.717, 1.165) is 11.1 Å². The van der Waals surface area contributed by atoms with Gasteiger partial charge in [0, 0.05) is 41.0 Å². The summed E-state index contributed by atoms with van der Waals surface area (Å²) in [5.74, 6) is -1.80. The van der Waals surface area contributed by atoms with Crippen molar-refractivity contribution in [1.29, 1.82) is 0 Å². The standard InChI is InChI=1S/C36H44BrN7O8/c1-36(2,3)20-9-18(10-21(37)13-20)28(29(34(50)51)44-33(49)30-31(52-4)25-7-5-6-8-26(25)42-30)43-27(47)17-38-32(48)19-11-22(14-23(45)12-19)41-35-39-15-24(46)16-40-35/h5-14,24,28-29,31-33,38,44-46,48-49H,15-17H2,1-4H3,(H,43,47)(H,50,51)(H2,39,40,41). The van der Waals surface area contributed by atoms with E-state index >= 15 is 0 Å². The molecule has 0 aliphatic carbocycles. The number of phenolic OH excluding ortho intramolecular Hbond substituents is 1. The maximum Gasteiger partial charge on any atom is 0.323 e. The van der Waals surface area contributed by atoms with Gasteiger partial charge in [0.25, 0.3) is 0 Å². The normalized spacial score (nSPS) is 19.3. The molecule has 2 aliphatic rings. The molecule has 15 nitrogen and oxygen atoms in total. The van der Waals surface area contributed by atoms with Gasteiger partial charge < -0.3 is 46.2 Å². The smallest absolute Gasteiger partial charge is 0.323 e. The number of aromatic hydroxyl groups is 1. The number of carboxylic acids is 1. The van der Waals surface area contributed by atoms with Crippen LogP contribution in [-0.4, -0.2) is 94.2 Å². The summed E-state index contributed by atoms with van der Waals surface area (Å²) >= 11 is 3.53. The lowest BCUT2D eigenvalue weighted by Gasteiger charge is -2.31. The van der Waals surface area contributed by atoms with Crippen LogP contribution in [0.4, 0.5) is 11.4 Å². The second kappa shape index (κ2) is 16.5. The van der Waals surface area contributed by atoms with Gasteiger partial charge in [-0.1, -0.05) is 61.0 Å². The molecule has 0 fully saturated rings. The number of aliphatic imine (C=N–C) groups is 2. The Balaban J connectivity index is 1.36. The molecule has 6 atom stereocenters. The molecule has 5 rings (SSSR count). The van der Waals surface area contributed by atoms with E-state index in [1.165, 1.54) is 19.2 Å². The number of hydrogen-bond acceptors (Lipinski definition) is 13. The number of rotatable bonds is 13. The number of carboxylic acid groups (broad SMARTS) is 1. The SMILES string of the molecule is COC1C(C(O)NC(C(=O)O)C(NC(=O)CNC(O)c2cc(O)cc(NC3=NCC(O)CN3)c2)c2cc(Br)cc(C(C)(C)C)c2)=Nc2ccccc21. The largest absolute Gasteiger partial charge is 0.508 e. The van der Waals surface area contributed by atoms with Gasteiger partial charge in [0.05, 0.1) is 36.6 Å². The summed E-state index contributed by atoms with van der Waals surface area (Å²) in [6.07, 6.45) is -4.32. The number of carbonyl (C=O) groups is 2. The molecule has 2 aliphatic heterocycles. The Morgan fingerprint density at radius 1 is 1.06 bits per heavy atom. The van der Waals surface area contributed by atoms with Crippen molar-refractivity contribution in [2.75, 3.05) is 32.1 Å². The van der Waals surface area contributed by atoms with Crippen molar-refractivity contribution in [1.82, 2.24) is 21.3 Å². The van der Waals surface area contributed by atoms with Crippen LogP contribution in [0.2, 0.25) is 0 Å². The number of anilines is 1. The van der Waals surface area contributed by atoms with Crippen molar-refractivity contribution in [2.24, 2.45) is 9.98 Å². The fourth-order valence-electron chi connectivity index (χ4n) is 5.92. The van der Waals surface area contributed by atoms with E-state index in [0.29, 0.717) is 33.9 Å². The summed E-state index contributed by atoms with van der Waals surface area (Å²) in [6.45, 7) is 6.04. The highest BCUT2D eigenvalue weighted by molar-refractivity contribution is 9.10. The molecule has 0 saturated heterocycles. The minimum absolute atomic E-state index is 0.161. The van der Waals surface area contributed by atoms with Crippen molar-refractivity contribution >= 4 is 50.9 Å². The summed E-state index contributed by atoms with van der Waals surface area (Å²) in [4.78, 5) is 35.2. The number of aliphatic hydroxyl groups is 3. The molecular weight excluding hydrogens is 738 g/mol. The minimum Gasteiger partial charge on any atom is -0.508 e. The van der Waals surface area contributed by atoms with Crippen LogP contribution in [-0.2, 0) is 19.7 Å². The summed E-state index contributed by atoms with van der Waals surface area (Å²) in [6, 6.07) is 14.1. The summed E-state index contributed by atoms with van der Waals surface area (Å²) in [5.41, 5.74) is 3.06. The number of aliphatic hydroxyl groups excluding tert-OH is 3. The number of fused-ring (bicyclic) bond motifs is 1. The van der Waals surface area contributed by atoms with Gasteiger partial charge in [0.1, 0.15) is 30.4 Å². The highest BCUT2D eigenvalue weighted by Crippen LogP contribution is 2.37. The number of amides is 1. The predicted octanol–water partition coefficient (Wildman–Crippen LogP) is 2.46. The van der Waals surface area contributed by atoms with Gasteiger partial charge in [-0.2, -0.15) is 0 Å². The number of hydrogen-bond donors (Lipinski definition) is 10. The van der Waals surface area contributed by atoms with Gasteiger partial charge in [-0.05, 0) is 46.9 Å². The number of para-hydroxylation sites is 1. The van der Waals surface area contributed by atoms with E-state index in [2.05, 4.69) is 52.5 Å². The third-order valence-corrected chi connectivity index (χ3v) is 9.05. The topological polar surface area (TPSA) is 229 Å². The molecule has 10 N–H and O–H groups in total. The average molecular weight is 783 g/mol. The van der Waals surface area contributed by atoms with Gasteiger partial charge in [-0.25, -0.2) is 0 Å². The second-order valence-electron chi connectivity index (χ2n) is 13.6. The van der Waals surface area contributed by atoms with Crippen LogP contribution >= 0.6 is 15.9 Å². The van der Waals surface area contributed by atoms with Crippen LogP contribution in [0.5, 0.6) is 5.75 Å². The quantitative estimate of drug-likeness (QED) is 0.113. The lowest BCUT2D eigenvalue weighted by atomic mass is 9.84. The Morgan fingerprint density at radius 3 is 2.48 bits per heavy atom. The van der Waals surface area contributed by atoms with E-state index in [1.54, 1.807) is 30.3 Å². The number of ether oxygens (including phenoxy) is 1. The molecule has 1 amide bonds. The number of halogens is 1. The number of nitrogens with zero attached hydrogens (tertiary/aromatic N) is 2. The zero-order valence-electron chi connectivity index (χ0n) is 29.1. The first-order valence-electron chi connectivity index (χ1n) is 16.6. The summed E-state index contributed by atoms with van der Waals surface area (Å²) < 4.78 is 6.27. The van der Waals surface area contributed by atoms with Crippen molar-refractivity contribution in [2.45, 2.75) is 62.9 Å². The maximum absolute atomic E-state index is 13.5. The van der Waals surface area contributed by atoms with Gasteiger partial charge in [0.2, 0.25) is 5.91 Å². The summed E-state index contributed by atoms with van der Waals surface area (Å²) in [7, 11) is 1.46. The van der Waals surface area contributed by atoms with Crippen molar-refractivity contribution in [3.05, 3.63) is 87.4 Å². The number of β-amino-alcohol motifs (C(OH)–C–C–N with tert-alkyl or cyclic N) is 1. The number of phenols is 1. The molecule has 3 aromatic rings. The lowest BCUT2D eigenvalue weighted by molar-refractivity contribution is -0.141. The highest BCUT2D eigenvalue weighted by Gasteiger charge is 2.38. The van der Waals surface area contributed by atoms with Crippen molar-refractivity contribution in [3.8, 4) is 5.75 Å². The van der Waals surface area contributed by atoms with Crippen molar-refractivity contribution < 1.29 is 39.9 Å². The number of nitrogens with one attached hydrogen (secondary N) is 5. The van der Waals surface area contributed by atoms with Gasteiger partial charge in [-0.15, -0.1) is 0 Å². The first-order chi connectivity index (χ1) is 24.6. The number of carbonyl (C=O) groups excluding carboxylic acids is 1. The predicted molar refractivity (Wildman–Crippen MR) is 199 cm³/mol. The molecular formula is C36H44BrN7O8. The molecule has 278 valence electrons. The monoisotopic (exact) mass is 781 g/mol. The minimum atomic E-state index is -1.57. The van der Waals surface area contributed by atoms with Crippen LogP contribution in [0.1, 0.15) is 61.4 Å². The molecule has 0 bridgehead atoms. The molecule has 16 heteroatoms. The van der Waals surface area contributed by atoms with E-state index in [1.807, 2.05) is 39.0 Å². The Hall–Kier alpha value is -4.42. The average Bonchev–Trinajstić information content (AvgIpc) is 3.47. The van der Waals surface area contributed by atoms with Crippen LogP contribution in [0, 0.1) is 0 Å². The van der Waals surface area contributed by atoms with Crippen molar-refractivity contribution in [3.63, 3.8) is 0 Å². The summed E-state index contributed by atoms with van der Waals surface area (Å²) in [5, 5.41) is 67.0. The Labute approximate surface area is 309 Å². The fraction of sp³-hybridized carbons (Fsp3) is 0.389. The first-order valence-corrected chi connectivity index (χ1v) is 17.4. The molecule has 2 heterocycles. The molecule has 0 aromatic heterocycles. The first kappa shape index (κ1) is 38.8. The molecule has 0 saturated carbocycles. The molecule has 0 spiro atoms. The Morgan fingerprint density at radius 2 is 1.81 bits per heavy atom. The molecule has 52 heavy (non-hydrogen) atoms. The third kappa shape index (κ3) is 9.51. The molecule has 3 aromatic carbocycles. The Bertz CT molecular complexity index is 1850. The fourth-order valence-corrected chi connectivity index (χ4v) is 6.43. The van der Waals surface area contributed by atoms with E-state index in [-0.39, 0.29) is 29.0 Å². The number of aliphatic carboxylic acids is 1. The van der Waals surface area contributed by atoms with Crippen LogP contribution in [0.3, 0.4) is 0 Å². The van der Waals surface area contributed by atoms with Gasteiger partial charge in [0.15, 0.2) is 5.96 Å². The molecule has 6 unspecified atom stereocenters.